The molecule has 2 saturated heterocycles. The van der Waals surface area contributed by atoms with Crippen LogP contribution in [0.5, 0.6) is 11.5 Å². The van der Waals surface area contributed by atoms with E-state index in [9.17, 15) is 19.2 Å². The Morgan fingerprint density at radius 1 is 0.929 bits per heavy atom. The van der Waals surface area contributed by atoms with Crippen molar-refractivity contribution in [1.29, 1.82) is 0 Å². The number of methoxy groups -OCH3 is 1. The lowest BCUT2D eigenvalue weighted by atomic mass is 10.1. The van der Waals surface area contributed by atoms with E-state index < -0.39 is 17.1 Å². The number of benzene rings is 3. The summed E-state index contributed by atoms with van der Waals surface area (Å²) < 4.78 is 11.5. The highest BCUT2D eigenvalue weighted by molar-refractivity contribution is 8.18. The topological polar surface area (TPSA) is 105 Å². The standard InChI is InChI=1S/C32H31N3O6S/c1-40-27-18-23(19-28-31(38)35(32(39)42-28)20-29(36)33-25-8-4-2-5-9-25)12-15-26(27)41-21-22-10-13-24(14-11-22)30(37)34-16-6-3-7-17-34/h2,4-5,8-15,18-19H,3,6-7,16-17,20-21H2,1H3,(H,33,36)/b28-19-. The molecule has 0 aliphatic carbocycles. The SMILES string of the molecule is COc1cc(/C=C2\SC(=O)N(CC(=O)Nc3ccccc3)C2=O)ccc1OCc1ccc(C(=O)N2CCCCC2)cc1. The van der Waals surface area contributed by atoms with E-state index in [2.05, 4.69) is 5.32 Å². The Morgan fingerprint density at radius 3 is 2.38 bits per heavy atom. The number of nitrogens with zero attached hydrogens (tertiary/aromatic N) is 2. The molecule has 2 aliphatic rings. The van der Waals surface area contributed by atoms with Gasteiger partial charge in [0.25, 0.3) is 17.1 Å². The van der Waals surface area contributed by atoms with Gasteiger partial charge in [-0.25, -0.2) is 0 Å². The number of para-hydroxylation sites is 1. The Labute approximate surface area is 248 Å². The number of imide groups is 1. The molecule has 216 valence electrons. The Balaban J connectivity index is 1.19. The molecule has 0 unspecified atom stereocenters. The largest absolute Gasteiger partial charge is 0.493 e. The fourth-order valence-electron chi connectivity index (χ4n) is 4.73. The van der Waals surface area contributed by atoms with Crippen LogP contribution in [0.15, 0.2) is 77.7 Å². The number of rotatable bonds is 9. The monoisotopic (exact) mass is 585 g/mol. The van der Waals surface area contributed by atoms with Crippen LogP contribution in [0.2, 0.25) is 0 Å². The van der Waals surface area contributed by atoms with E-state index in [0.717, 1.165) is 48.2 Å². The van der Waals surface area contributed by atoms with Crippen molar-refractivity contribution < 1.29 is 28.7 Å². The zero-order valence-electron chi connectivity index (χ0n) is 23.2. The highest BCUT2D eigenvalue weighted by Gasteiger charge is 2.36. The molecule has 0 atom stereocenters. The van der Waals surface area contributed by atoms with Crippen molar-refractivity contribution in [2.75, 3.05) is 32.1 Å². The molecule has 2 aliphatic heterocycles. The van der Waals surface area contributed by atoms with Crippen LogP contribution >= 0.6 is 11.8 Å². The van der Waals surface area contributed by atoms with Gasteiger partial charge >= 0.3 is 0 Å². The lowest BCUT2D eigenvalue weighted by Gasteiger charge is -2.26. The second-order valence-corrected chi connectivity index (χ2v) is 10.9. The third kappa shape index (κ3) is 7.01. The quantitative estimate of drug-likeness (QED) is 0.327. The van der Waals surface area contributed by atoms with E-state index >= 15 is 0 Å². The number of carbonyl (C=O) groups excluding carboxylic acids is 4. The first-order valence-corrected chi connectivity index (χ1v) is 14.5. The van der Waals surface area contributed by atoms with E-state index in [1.165, 1.54) is 13.5 Å². The number of anilines is 1. The maximum atomic E-state index is 12.9. The lowest BCUT2D eigenvalue weighted by molar-refractivity contribution is -0.127. The van der Waals surface area contributed by atoms with Crippen molar-refractivity contribution in [2.45, 2.75) is 25.9 Å². The first-order chi connectivity index (χ1) is 20.4. The van der Waals surface area contributed by atoms with Gasteiger partial charge in [0, 0.05) is 24.3 Å². The highest BCUT2D eigenvalue weighted by atomic mass is 32.2. The van der Waals surface area contributed by atoms with Crippen LogP contribution in [0.25, 0.3) is 6.08 Å². The van der Waals surface area contributed by atoms with Gasteiger partial charge in [0.05, 0.1) is 12.0 Å². The molecular formula is C32H31N3O6S. The van der Waals surface area contributed by atoms with Crippen molar-refractivity contribution in [1.82, 2.24) is 9.80 Å². The molecule has 9 nitrogen and oxygen atoms in total. The van der Waals surface area contributed by atoms with Gasteiger partial charge in [0.2, 0.25) is 5.91 Å². The summed E-state index contributed by atoms with van der Waals surface area (Å²) in [5, 5.41) is 2.17. The summed E-state index contributed by atoms with van der Waals surface area (Å²) in [6.45, 7) is 1.52. The molecule has 0 saturated carbocycles. The minimum atomic E-state index is -0.533. The molecule has 1 N–H and O–H groups in total. The maximum absolute atomic E-state index is 12.9. The molecule has 0 aromatic heterocycles. The summed E-state index contributed by atoms with van der Waals surface area (Å²) >= 11 is 0.782. The fraction of sp³-hybridized carbons (Fsp3) is 0.250. The van der Waals surface area contributed by atoms with Crippen LogP contribution in [0.3, 0.4) is 0 Å². The van der Waals surface area contributed by atoms with Gasteiger partial charge in [0.1, 0.15) is 13.2 Å². The molecule has 5 rings (SSSR count). The summed E-state index contributed by atoms with van der Waals surface area (Å²) in [7, 11) is 1.52. The van der Waals surface area contributed by atoms with Crippen molar-refractivity contribution >= 4 is 46.5 Å². The number of hydrogen-bond acceptors (Lipinski definition) is 7. The summed E-state index contributed by atoms with van der Waals surface area (Å²) in [6, 6.07) is 21.5. The minimum Gasteiger partial charge on any atom is -0.493 e. The summed E-state index contributed by atoms with van der Waals surface area (Å²) in [6.07, 6.45) is 4.86. The second-order valence-electron chi connectivity index (χ2n) is 9.93. The lowest BCUT2D eigenvalue weighted by Crippen LogP contribution is -2.36. The highest BCUT2D eigenvalue weighted by Crippen LogP contribution is 2.35. The van der Waals surface area contributed by atoms with E-state index in [-0.39, 0.29) is 24.0 Å². The third-order valence-electron chi connectivity index (χ3n) is 6.96. The van der Waals surface area contributed by atoms with E-state index in [1.54, 1.807) is 48.5 Å². The van der Waals surface area contributed by atoms with Gasteiger partial charge in [-0.05, 0) is 84.6 Å². The van der Waals surface area contributed by atoms with Crippen LogP contribution < -0.4 is 14.8 Å². The third-order valence-corrected chi connectivity index (χ3v) is 7.86. The van der Waals surface area contributed by atoms with Crippen molar-refractivity contribution in [2.24, 2.45) is 0 Å². The smallest absolute Gasteiger partial charge is 0.294 e. The molecule has 42 heavy (non-hydrogen) atoms. The van der Waals surface area contributed by atoms with Gasteiger partial charge in [-0.3, -0.25) is 24.1 Å². The number of amides is 4. The van der Waals surface area contributed by atoms with Crippen LogP contribution in [0.1, 0.15) is 40.7 Å². The van der Waals surface area contributed by atoms with Crippen molar-refractivity contribution in [3.63, 3.8) is 0 Å². The fourth-order valence-corrected chi connectivity index (χ4v) is 5.57. The second kappa shape index (κ2) is 13.4. The molecule has 3 aromatic rings. The molecular weight excluding hydrogens is 554 g/mol. The number of ether oxygens (including phenoxy) is 2. The number of thioether (sulfide) groups is 1. The van der Waals surface area contributed by atoms with Gasteiger partial charge in [-0.1, -0.05) is 36.4 Å². The van der Waals surface area contributed by atoms with Crippen molar-refractivity contribution in [3.8, 4) is 11.5 Å². The predicted molar refractivity (Wildman–Crippen MR) is 161 cm³/mol. The van der Waals surface area contributed by atoms with Gasteiger partial charge < -0.3 is 19.7 Å². The minimum absolute atomic E-state index is 0.0627. The maximum Gasteiger partial charge on any atom is 0.294 e. The zero-order chi connectivity index (χ0) is 29.5. The number of nitrogens with one attached hydrogen (secondary N) is 1. The number of carbonyl (C=O) groups is 4. The molecule has 0 spiro atoms. The number of likely N-dealkylation sites (tertiary alicyclic amines) is 1. The molecule has 10 heteroatoms. The molecule has 2 fully saturated rings. The first kappa shape index (κ1) is 28.9. The Hall–Kier alpha value is -4.57. The Bertz CT molecular complexity index is 1500. The molecule has 4 amide bonds. The molecule has 3 aromatic carbocycles. The van der Waals surface area contributed by atoms with Gasteiger partial charge in [0.15, 0.2) is 11.5 Å². The van der Waals surface area contributed by atoms with E-state index in [1.807, 2.05) is 35.2 Å². The van der Waals surface area contributed by atoms with Gasteiger partial charge in [-0.2, -0.15) is 0 Å². The van der Waals surface area contributed by atoms with Gasteiger partial charge in [-0.15, -0.1) is 0 Å². The number of piperidine rings is 1. The predicted octanol–water partition coefficient (Wildman–Crippen LogP) is 5.58. The average Bonchev–Trinajstić information content (AvgIpc) is 3.28. The molecule has 2 heterocycles. The normalized spacial score (nSPS) is 16.1. The summed E-state index contributed by atoms with van der Waals surface area (Å²) in [4.78, 5) is 53.5. The van der Waals surface area contributed by atoms with Crippen LogP contribution in [0.4, 0.5) is 10.5 Å². The molecule has 0 bridgehead atoms. The molecule has 0 radical (unpaired) electrons. The van der Waals surface area contributed by atoms with E-state index in [4.69, 9.17) is 9.47 Å². The zero-order valence-corrected chi connectivity index (χ0v) is 24.0. The van der Waals surface area contributed by atoms with Crippen LogP contribution in [0, 0.1) is 0 Å². The summed E-state index contributed by atoms with van der Waals surface area (Å²) in [5.74, 6) is 0.0366. The summed E-state index contributed by atoms with van der Waals surface area (Å²) in [5.41, 5.74) is 2.79. The number of hydrogen-bond donors (Lipinski definition) is 1. The van der Waals surface area contributed by atoms with Crippen molar-refractivity contribution in [3.05, 3.63) is 94.4 Å². The first-order valence-electron chi connectivity index (χ1n) is 13.7. The average molecular weight is 586 g/mol. The van der Waals surface area contributed by atoms with E-state index in [0.29, 0.717) is 28.3 Å². The van der Waals surface area contributed by atoms with Crippen LogP contribution in [-0.4, -0.2) is 59.5 Å². The Kier molecular flexibility index (Phi) is 9.23. The Morgan fingerprint density at radius 2 is 1.67 bits per heavy atom. The van der Waals surface area contributed by atoms with Crippen LogP contribution in [-0.2, 0) is 16.2 Å².